The second-order valence-electron chi connectivity index (χ2n) is 6.13. The minimum Gasteiger partial charge on any atom is -0.360 e. The molecule has 0 radical (unpaired) electrons. The summed E-state index contributed by atoms with van der Waals surface area (Å²) in [7, 11) is 0. The number of piperidine rings is 1. The van der Waals surface area contributed by atoms with Crippen LogP contribution in [0.5, 0.6) is 0 Å². The third-order valence-electron chi connectivity index (χ3n) is 4.67. The molecule has 2 aromatic rings. The van der Waals surface area contributed by atoms with Gasteiger partial charge in [-0.15, -0.1) is 0 Å². The van der Waals surface area contributed by atoms with Crippen LogP contribution in [-0.4, -0.2) is 42.1 Å². The lowest BCUT2D eigenvalue weighted by atomic mass is 9.88. The summed E-state index contributed by atoms with van der Waals surface area (Å²) in [6.07, 6.45) is 2.90. The molecule has 23 heavy (non-hydrogen) atoms. The molecule has 1 amide bonds. The number of aromatic amines is 1. The summed E-state index contributed by atoms with van der Waals surface area (Å²) in [4.78, 5) is 18.6. The Kier molecular flexibility index (Phi) is 3.74. The van der Waals surface area contributed by atoms with E-state index in [2.05, 4.69) is 20.6 Å². The number of nitrogens with zero attached hydrogens (tertiary/aromatic N) is 1. The second-order valence-corrected chi connectivity index (χ2v) is 6.13. The molecule has 6 nitrogen and oxygen atoms in total. The molecule has 2 aliphatic heterocycles. The van der Waals surface area contributed by atoms with Gasteiger partial charge in [-0.3, -0.25) is 4.79 Å². The highest BCUT2D eigenvalue weighted by Gasteiger charge is 2.26. The standard InChI is InChI=1S/C16H19FN4O2/c17-11-6-20-16-10(15(11)9-1-3-18-4-2-9)5-12(21-16)13-7-19-14(22)8-23-13/h5-6,9,13,18H,1-4,7-8H2,(H,19,22)(H,20,21). The number of carbonyl (C=O) groups excluding carboxylic acids is 1. The van der Waals surface area contributed by atoms with Gasteiger partial charge in [0.2, 0.25) is 5.91 Å². The largest absolute Gasteiger partial charge is 0.360 e. The van der Waals surface area contributed by atoms with E-state index in [9.17, 15) is 9.18 Å². The molecule has 4 heterocycles. The quantitative estimate of drug-likeness (QED) is 0.781. The van der Waals surface area contributed by atoms with Crippen LogP contribution in [-0.2, 0) is 9.53 Å². The van der Waals surface area contributed by atoms with E-state index in [0.717, 1.165) is 42.6 Å². The van der Waals surface area contributed by atoms with E-state index in [4.69, 9.17) is 4.74 Å². The van der Waals surface area contributed by atoms with Crippen LogP contribution in [0, 0.1) is 5.82 Å². The van der Waals surface area contributed by atoms with Crippen LogP contribution in [0.1, 0.15) is 36.1 Å². The molecule has 1 unspecified atom stereocenters. The zero-order chi connectivity index (χ0) is 15.8. The Balaban J connectivity index is 1.71. The molecular weight excluding hydrogens is 299 g/mol. The maximum Gasteiger partial charge on any atom is 0.246 e. The smallest absolute Gasteiger partial charge is 0.246 e. The van der Waals surface area contributed by atoms with Crippen LogP contribution < -0.4 is 10.6 Å². The molecule has 2 aromatic heterocycles. The van der Waals surface area contributed by atoms with Gasteiger partial charge in [0.1, 0.15) is 24.2 Å². The SMILES string of the molecule is O=C1COC(c2cc3c(C4CCNCC4)c(F)cnc3[nH]2)CN1. The average Bonchev–Trinajstić information content (AvgIpc) is 3.00. The zero-order valence-electron chi connectivity index (χ0n) is 12.7. The first-order valence-corrected chi connectivity index (χ1v) is 7.98. The van der Waals surface area contributed by atoms with E-state index in [-0.39, 0.29) is 30.4 Å². The summed E-state index contributed by atoms with van der Waals surface area (Å²) in [5.74, 6) is -0.151. The second kappa shape index (κ2) is 5.90. The van der Waals surface area contributed by atoms with Gasteiger partial charge in [0.05, 0.1) is 6.20 Å². The van der Waals surface area contributed by atoms with E-state index in [1.807, 2.05) is 6.07 Å². The van der Waals surface area contributed by atoms with Crippen LogP contribution in [0.3, 0.4) is 0 Å². The van der Waals surface area contributed by atoms with E-state index < -0.39 is 0 Å². The summed E-state index contributed by atoms with van der Waals surface area (Å²) in [5.41, 5.74) is 2.25. The molecule has 1 atom stereocenters. The first kappa shape index (κ1) is 14.6. The number of morpholine rings is 1. The van der Waals surface area contributed by atoms with Gasteiger partial charge in [-0.25, -0.2) is 9.37 Å². The van der Waals surface area contributed by atoms with Crippen LogP contribution >= 0.6 is 0 Å². The predicted octanol–water partition coefficient (Wildman–Crippen LogP) is 1.36. The molecule has 2 aliphatic rings. The number of fused-ring (bicyclic) bond motifs is 1. The van der Waals surface area contributed by atoms with Crippen molar-refractivity contribution in [3.05, 3.63) is 29.3 Å². The molecule has 4 rings (SSSR count). The van der Waals surface area contributed by atoms with Crippen LogP contribution in [0.25, 0.3) is 11.0 Å². The summed E-state index contributed by atoms with van der Waals surface area (Å²) in [6, 6.07) is 1.92. The molecule has 7 heteroatoms. The molecular formula is C16H19FN4O2. The Bertz CT molecular complexity index is 729. The maximum atomic E-state index is 14.4. The molecule has 0 aromatic carbocycles. The van der Waals surface area contributed by atoms with E-state index in [1.165, 1.54) is 6.20 Å². The van der Waals surface area contributed by atoms with Crippen molar-refractivity contribution >= 4 is 16.9 Å². The Hall–Kier alpha value is -1.99. The van der Waals surface area contributed by atoms with E-state index in [1.54, 1.807) is 0 Å². The number of ether oxygens (including phenoxy) is 1. The molecule has 122 valence electrons. The number of nitrogens with one attached hydrogen (secondary N) is 3. The third-order valence-corrected chi connectivity index (χ3v) is 4.67. The Morgan fingerprint density at radius 2 is 2.13 bits per heavy atom. The van der Waals surface area contributed by atoms with Crippen molar-refractivity contribution in [3.8, 4) is 0 Å². The molecule has 0 spiro atoms. The summed E-state index contributed by atoms with van der Waals surface area (Å²) in [5, 5.41) is 6.91. The summed E-state index contributed by atoms with van der Waals surface area (Å²) in [6.45, 7) is 2.27. The number of amides is 1. The molecule has 0 aliphatic carbocycles. The van der Waals surface area contributed by atoms with Crippen molar-refractivity contribution in [1.29, 1.82) is 0 Å². The number of halogens is 1. The highest BCUT2D eigenvalue weighted by Crippen LogP contribution is 2.34. The van der Waals surface area contributed by atoms with E-state index in [0.29, 0.717) is 12.2 Å². The van der Waals surface area contributed by atoms with Crippen molar-refractivity contribution in [3.63, 3.8) is 0 Å². The number of rotatable bonds is 2. The van der Waals surface area contributed by atoms with Gasteiger partial charge in [0.25, 0.3) is 0 Å². The number of H-pyrrole nitrogens is 1. The van der Waals surface area contributed by atoms with Gasteiger partial charge in [0, 0.05) is 23.2 Å². The van der Waals surface area contributed by atoms with Crippen molar-refractivity contribution in [2.45, 2.75) is 24.9 Å². The predicted molar refractivity (Wildman–Crippen MR) is 82.6 cm³/mol. The lowest BCUT2D eigenvalue weighted by Crippen LogP contribution is -2.38. The van der Waals surface area contributed by atoms with Gasteiger partial charge in [-0.05, 0) is 37.9 Å². The Morgan fingerprint density at radius 1 is 1.30 bits per heavy atom. The third kappa shape index (κ3) is 2.70. The Labute approximate surface area is 132 Å². The molecule has 0 saturated carbocycles. The van der Waals surface area contributed by atoms with Crippen molar-refractivity contribution < 1.29 is 13.9 Å². The van der Waals surface area contributed by atoms with Gasteiger partial charge >= 0.3 is 0 Å². The highest BCUT2D eigenvalue weighted by molar-refractivity contribution is 5.82. The van der Waals surface area contributed by atoms with Crippen LogP contribution in [0.2, 0.25) is 0 Å². The van der Waals surface area contributed by atoms with Gasteiger partial charge in [-0.1, -0.05) is 0 Å². The molecule has 2 saturated heterocycles. The van der Waals surface area contributed by atoms with Gasteiger partial charge < -0.3 is 20.4 Å². The topological polar surface area (TPSA) is 79.0 Å². The normalized spacial score (nSPS) is 23.2. The first-order valence-electron chi connectivity index (χ1n) is 7.98. The number of aromatic nitrogens is 2. The fourth-order valence-corrected chi connectivity index (χ4v) is 3.48. The summed E-state index contributed by atoms with van der Waals surface area (Å²) >= 11 is 0. The van der Waals surface area contributed by atoms with Crippen molar-refractivity contribution in [2.24, 2.45) is 0 Å². The first-order chi connectivity index (χ1) is 11.2. The summed E-state index contributed by atoms with van der Waals surface area (Å²) < 4.78 is 20.0. The van der Waals surface area contributed by atoms with Crippen LogP contribution in [0.4, 0.5) is 4.39 Å². The fraction of sp³-hybridized carbons (Fsp3) is 0.500. The monoisotopic (exact) mass is 318 g/mol. The van der Waals surface area contributed by atoms with Crippen molar-refractivity contribution in [2.75, 3.05) is 26.2 Å². The number of carbonyl (C=O) groups is 1. The minimum absolute atomic E-state index is 0.0446. The fourth-order valence-electron chi connectivity index (χ4n) is 3.48. The number of hydrogen-bond acceptors (Lipinski definition) is 4. The van der Waals surface area contributed by atoms with Gasteiger partial charge in [0.15, 0.2) is 0 Å². The number of hydrogen-bond donors (Lipinski definition) is 3. The van der Waals surface area contributed by atoms with Crippen LogP contribution in [0.15, 0.2) is 12.3 Å². The minimum atomic E-state index is -0.245. The molecule has 2 fully saturated rings. The average molecular weight is 318 g/mol. The van der Waals surface area contributed by atoms with Gasteiger partial charge in [-0.2, -0.15) is 0 Å². The Morgan fingerprint density at radius 3 is 2.87 bits per heavy atom. The lowest BCUT2D eigenvalue weighted by molar-refractivity contribution is -0.133. The van der Waals surface area contributed by atoms with E-state index >= 15 is 0 Å². The molecule has 0 bridgehead atoms. The number of pyridine rings is 1. The molecule has 3 N–H and O–H groups in total. The highest BCUT2D eigenvalue weighted by atomic mass is 19.1. The van der Waals surface area contributed by atoms with Crippen molar-refractivity contribution in [1.82, 2.24) is 20.6 Å². The zero-order valence-corrected chi connectivity index (χ0v) is 12.7. The lowest BCUT2D eigenvalue weighted by Gasteiger charge is -2.23. The maximum absolute atomic E-state index is 14.4.